The van der Waals surface area contributed by atoms with Gasteiger partial charge in [0.25, 0.3) is 5.91 Å². The molecule has 0 spiro atoms. The van der Waals surface area contributed by atoms with E-state index in [0.29, 0.717) is 46.3 Å². The molecule has 0 atom stereocenters. The molecule has 0 radical (unpaired) electrons. The summed E-state index contributed by atoms with van der Waals surface area (Å²) in [6, 6.07) is 23.5. The highest BCUT2D eigenvalue weighted by Crippen LogP contribution is 2.39. The molecule has 3 aromatic rings. The topological polar surface area (TPSA) is 51.1 Å². The molecule has 180 valence electrons. The van der Waals surface area contributed by atoms with Gasteiger partial charge >= 0.3 is 0 Å². The Balaban J connectivity index is 1.65. The molecule has 1 heterocycles. The van der Waals surface area contributed by atoms with Crippen molar-refractivity contribution >= 4 is 40.5 Å². The van der Waals surface area contributed by atoms with Crippen molar-refractivity contribution in [2.24, 2.45) is 4.99 Å². The van der Waals surface area contributed by atoms with E-state index in [1.807, 2.05) is 79.7 Å². The van der Waals surface area contributed by atoms with Crippen LogP contribution < -0.4 is 9.47 Å². The van der Waals surface area contributed by atoms with Crippen LogP contribution in [0.2, 0.25) is 5.02 Å². The minimum absolute atomic E-state index is 0.0907. The molecule has 7 heteroatoms. The Labute approximate surface area is 215 Å². The number of hydrogen-bond donors (Lipinski definition) is 0. The zero-order chi connectivity index (χ0) is 24.6. The molecule has 1 saturated heterocycles. The number of halogens is 1. The molecule has 0 aliphatic carbocycles. The highest BCUT2D eigenvalue weighted by Gasteiger charge is 2.33. The van der Waals surface area contributed by atoms with E-state index in [2.05, 4.69) is 0 Å². The lowest BCUT2D eigenvalue weighted by Crippen LogP contribution is -2.28. The zero-order valence-corrected chi connectivity index (χ0v) is 21.3. The molecule has 1 aliphatic rings. The number of nitrogens with zero attached hydrogens (tertiary/aromatic N) is 2. The largest absolute Gasteiger partial charge is 0.493 e. The molecule has 4 rings (SSSR count). The molecule has 0 saturated carbocycles. The fraction of sp³-hybridized carbons (Fsp3) is 0.214. The SMILES string of the molecule is CCCOc1c(Cl)cc(/C=C2/SC(=NCc3ccccc3)N(Cc3ccccc3)C2=O)cc1OC. The summed E-state index contributed by atoms with van der Waals surface area (Å²) in [5.41, 5.74) is 2.89. The van der Waals surface area contributed by atoms with E-state index in [1.54, 1.807) is 18.1 Å². The number of amidine groups is 1. The van der Waals surface area contributed by atoms with E-state index < -0.39 is 0 Å². The van der Waals surface area contributed by atoms with Crippen molar-refractivity contribution in [3.8, 4) is 11.5 Å². The number of benzene rings is 3. The minimum Gasteiger partial charge on any atom is -0.493 e. The van der Waals surface area contributed by atoms with Crippen LogP contribution in [0.25, 0.3) is 6.08 Å². The minimum atomic E-state index is -0.0907. The number of rotatable bonds is 9. The normalized spacial score (nSPS) is 15.7. The number of aliphatic imine (C=N–C) groups is 1. The van der Waals surface area contributed by atoms with Crippen LogP contribution in [0.15, 0.2) is 82.7 Å². The van der Waals surface area contributed by atoms with Crippen molar-refractivity contribution < 1.29 is 14.3 Å². The number of thioether (sulfide) groups is 1. The van der Waals surface area contributed by atoms with Crippen LogP contribution in [0.3, 0.4) is 0 Å². The third kappa shape index (κ3) is 6.27. The summed E-state index contributed by atoms with van der Waals surface area (Å²) in [5.74, 6) is 0.957. The summed E-state index contributed by atoms with van der Waals surface area (Å²) >= 11 is 7.86. The predicted molar refractivity (Wildman–Crippen MR) is 144 cm³/mol. The van der Waals surface area contributed by atoms with Crippen LogP contribution in [0, 0.1) is 0 Å². The van der Waals surface area contributed by atoms with E-state index in [4.69, 9.17) is 26.1 Å². The van der Waals surface area contributed by atoms with Crippen LogP contribution in [-0.4, -0.2) is 29.7 Å². The Morgan fingerprint density at radius 2 is 1.71 bits per heavy atom. The highest BCUT2D eigenvalue weighted by molar-refractivity contribution is 8.18. The number of hydrogen-bond acceptors (Lipinski definition) is 5. The molecule has 1 aliphatic heterocycles. The van der Waals surface area contributed by atoms with E-state index in [0.717, 1.165) is 23.1 Å². The molecule has 3 aromatic carbocycles. The molecule has 0 bridgehead atoms. The Bertz CT molecular complexity index is 1230. The maximum absolute atomic E-state index is 13.5. The average Bonchev–Trinajstić information content (AvgIpc) is 3.17. The first-order valence-corrected chi connectivity index (χ1v) is 12.6. The van der Waals surface area contributed by atoms with Crippen molar-refractivity contribution in [1.82, 2.24) is 4.90 Å². The van der Waals surface area contributed by atoms with Crippen LogP contribution in [-0.2, 0) is 17.9 Å². The van der Waals surface area contributed by atoms with Gasteiger partial charge in [0.15, 0.2) is 16.7 Å². The first kappa shape index (κ1) is 24.9. The molecule has 1 amide bonds. The second kappa shape index (κ2) is 12.0. The van der Waals surface area contributed by atoms with Gasteiger partial charge in [-0.25, -0.2) is 0 Å². The quantitative estimate of drug-likeness (QED) is 0.299. The summed E-state index contributed by atoms with van der Waals surface area (Å²) in [6.07, 6.45) is 2.69. The van der Waals surface area contributed by atoms with Gasteiger partial charge in [-0.1, -0.05) is 79.2 Å². The monoisotopic (exact) mass is 506 g/mol. The van der Waals surface area contributed by atoms with Crippen molar-refractivity contribution in [3.05, 3.63) is 99.4 Å². The fourth-order valence-corrected chi connectivity index (χ4v) is 4.84. The first-order chi connectivity index (χ1) is 17.1. The average molecular weight is 507 g/mol. The molecule has 0 N–H and O–H groups in total. The van der Waals surface area contributed by atoms with Crippen LogP contribution in [0.4, 0.5) is 0 Å². The van der Waals surface area contributed by atoms with E-state index in [1.165, 1.54) is 11.8 Å². The lowest BCUT2D eigenvalue weighted by molar-refractivity contribution is -0.122. The van der Waals surface area contributed by atoms with Gasteiger partial charge in [0.2, 0.25) is 0 Å². The molecular formula is C28H27ClN2O3S. The van der Waals surface area contributed by atoms with Gasteiger partial charge in [0.05, 0.1) is 36.7 Å². The third-order valence-corrected chi connectivity index (χ3v) is 6.64. The van der Waals surface area contributed by atoms with Crippen LogP contribution in [0.5, 0.6) is 11.5 Å². The van der Waals surface area contributed by atoms with Gasteiger partial charge < -0.3 is 9.47 Å². The maximum atomic E-state index is 13.5. The summed E-state index contributed by atoms with van der Waals surface area (Å²) in [4.78, 5) is 20.5. The highest BCUT2D eigenvalue weighted by atomic mass is 35.5. The predicted octanol–water partition coefficient (Wildman–Crippen LogP) is 6.81. The Morgan fingerprint density at radius 3 is 2.37 bits per heavy atom. The number of methoxy groups -OCH3 is 1. The maximum Gasteiger partial charge on any atom is 0.267 e. The Kier molecular flexibility index (Phi) is 8.50. The van der Waals surface area contributed by atoms with Crippen molar-refractivity contribution in [1.29, 1.82) is 0 Å². The van der Waals surface area contributed by atoms with Gasteiger partial charge in [-0.2, -0.15) is 0 Å². The van der Waals surface area contributed by atoms with Gasteiger partial charge in [0.1, 0.15) is 0 Å². The van der Waals surface area contributed by atoms with Gasteiger partial charge in [-0.15, -0.1) is 0 Å². The van der Waals surface area contributed by atoms with Crippen molar-refractivity contribution in [3.63, 3.8) is 0 Å². The van der Waals surface area contributed by atoms with Gasteiger partial charge in [-0.3, -0.25) is 14.7 Å². The molecule has 35 heavy (non-hydrogen) atoms. The summed E-state index contributed by atoms with van der Waals surface area (Å²) in [6.45, 7) is 3.52. The molecule has 1 fully saturated rings. The molecule has 0 unspecified atom stereocenters. The second-order valence-corrected chi connectivity index (χ2v) is 9.37. The molecular weight excluding hydrogens is 480 g/mol. The fourth-order valence-electron chi connectivity index (χ4n) is 3.59. The summed E-state index contributed by atoms with van der Waals surface area (Å²) in [7, 11) is 1.58. The second-order valence-electron chi connectivity index (χ2n) is 7.95. The third-order valence-electron chi connectivity index (χ3n) is 5.31. The number of amides is 1. The number of carbonyl (C=O) groups is 1. The smallest absolute Gasteiger partial charge is 0.267 e. The summed E-state index contributed by atoms with van der Waals surface area (Å²) < 4.78 is 11.3. The molecule has 5 nitrogen and oxygen atoms in total. The lowest BCUT2D eigenvalue weighted by atomic mass is 10.1. The lowest BCUT2D eigenvalue weighted by Gasteiger charge is -2.15. The van der Waals surface area contributed by atoms with Crippen LogP contribution in [0.1, 0.15) is 30.0 Å². The van der Waals surface area contributed by atoms with Crippen LogP contribution >= 0.6 is 23.4 Å². The number of carbonyl (C=O) groups excluding carboxylic acids is 1. The van der Waals surface area contributed by atoms with E-state index >= 15 is 0 Å². The Hall–Kier alpha value is -3.22. The van der Waals surface area contributed by atoms with Gasteiger partial charge in [0, 0.05) is 0 Å². The van der Waals surface area contributed by atoms with E-state index in [-0.39, 0.29) is 5.91 Å². The Morgan fingerprint density at radius 1 is 1.03 bits per heavy atom. The molecule has 0 aromatic heterocycles. The summed E-state index contributed by atoms with van der Waals surface area (Å²) in [5, 5.41) is 1.12. The zero-order valence-electron chi connectivity index (χ0n) is 19.7. The van der Waals surface area contributed by atoms with E-state index in [9.17, 15) is 4.79 Å². The van der Waals surface area contributed by atoms with Crippen molar-refractivity contribution in [2.75, 3.05) is 13.7 Å². The first-order valence-electron chi connectivity index (χ1n) is 11.4. The van der Waals surface area contributed by atoms with Gasteiger partial charge in [-0.05, 0) is 53.1 Å². The standard InChI is InChI=1S/C28H27ClN2O3S/c1-3-14-34-26-23(29)15-22(16-24(26)33-2)17-25-27(32)31(19-21-12-8-5-9-13-21)28(35-25)30-18-20-10-6-4-7-11-20/h4-13,15-17H,3,14,18-19H2,1-2H3/b25-17+,30-28?. The number of ether oxygens (including phenoxy) is 2. The van der Waals surface area contributed by atoms with Crippen molar-refractivity contribution in [2.45, 2.75) is 26.4 Å².